The Kier molecular flexibility index (Phi) is 5.93. The van der Waals surface area contributed by atoms with Crippen LogP contribution in [0.25, 0.3) is 21.8 Å². The van der Waals surface area contributed by atoms with E-state index in [0.717, 1.165) is 17.5 Å². The number of aryl methyl sites for hydroxylation is 1. The Labute approximate surface area is 183 Å². The summed E-state index contributed by atoms with van der Waals surface area (Å²) in [6.07, 6.45) is 1.62. The highest BCUT2D eigenvalue weighted by molar-refractivity contribution is 6.35. The Balaban J connectivity index is 1.45. The van der Waals surface area contributed by atoms with Crippen molar-refractivity contribution >= 4 is 57.1 Å². The average Bonchev–Trinajstić information content (AvgIpc) is 3.06. The molecule has 0 aliphatic carbocycles. The van der Waals surface area contributed by atoms with Crippen LogP contribution in [-0.4, -0.2) is 23.3 Å². The van der Waals surface area contributed by atoms with Crippen molar-refractivity contribution in [2.75, 3.05) is 6.61 Å². The summed E-state index contributed by atoms with van der Waals surface area (Å²) < 4.78 is 7.68. The summed E-state index contributed by atoms with van der Waals surface area (Å²) in [5, 5.41) is 7.24. The molecule has 7 heteroatoms. The zero-order valence-electron chi connectivity index (χ0n) is 16.2. The van der Waals surface area contributed by atoms with E-state index in [1.165, 1.54) is 16.4 Å². The van der Waals surface area contributed by atoms with Crippen LogP contribution in [0.2, 0.25) is 10.0 Å². The first kappa shape index (κ1) is 20.3. The number of para-hydroxylation sites is 1. The fourth-order valence-electron chi connectivity index (χ4n) is 3.44. The highest BCUT2D eigenvalue weighted by Crippen LogP contribution is 2.29. The number of benzene rings is 3. The molecule has 152 valence electrons. The van der Waals surface area contributed by atoms with E-state index in [1.807, 2.05) is 18.2 Å². The number of fused-ring (bicyclic) bond motifs is 3. The van der Waals surface area contributed by atoms with Crippen molar-refractivity contribution in [3.8, 4) is 5.75 Å². The molecule has 1 aromatic heterocycles. The zero-order valence-corrected chi connectivity index (χ0v) is 17.7. The molecule has 0 bridgehead atoms. The highest BCUT2D eigenvalue weighted by atomic mass is 35.5. The normalized spacial score (nSPS) is 11.4. The number of nitrogens with one attached hydrogen (secondary N) is 1. The van der Waals surface area contributed by atoms with Crippen LogP contribution in [-0.2, 0) is 11.3 Å². The van der Waals surface area contributed by atoms with E-state index in [0.29, 0.717) is 15.8 Å². The monoisotopic (exact) mass is 439 g/mol. The Bertz CT molecular complexity index is 1260. The smallest absolute Gasteiger partial charge is 0.277 e. The molecule has 0 aliphatic rings. The molecule has 0 atom stereocenters. The molecule has 1 N–H and O–H groups in total. The minimum absolute atomic E-state index is 0.207. The van der Waals surface area contributed by atoms with Gasteiger partial charge in [0.05, 0.1) is 11.2 Å². The third-order valence-corrected chi connectivity index (χ3v) is 5.30. The molecule has 0 radical (unpaired) electrons. The summed E-state index contributed by atoms with van der Waals surface area (Å²) in [6, 6.07) is 19.3. The topological polar surface area (TPSA) is 55.6 Å². The summed E-state index contributed by atoms with van der Waals surface area (Å²) in [4.78, 5) is 12.0. The zero-order chi connectivity index (χ0) is 21.1. The maximum Gasteiger partial charge on any atom is 0.277 e. The number of carbonyl (C=O) groups excluding carboxylic acids is 1. The summed E-state index contributed by atoms with van der Waals surface area (Å²) >= 11 is 11.9. The van der Waals surface area contributed by atoms with E-state index in [4.69, 9.17) is 27.9 Å². The molecule has 4 aromatic rings. The second-order valence-corrected chi connectivity index (χ2v) is 7.54. The SMILES string of the molecule is CCn1c2ccccc2c2cc(/C=N\NC(=O)COc3ccc(Cl)cc3Cl)ccc21. The first-order valence-electron chi connectivity index (χ1n) is 9.47. The lowest BCUT2D eigenvalue weighted by Crippen LogP contribution is -2.24. The molecule has 1 amide bonds. The van der Waals surface area contributed by atoms with Crippen LogP contribution in [0.5, 0.6) is 5.75 Å². The van der Waals surface area contributed by atoms with Gasteiger partial charge in [-0.3, -0.25) is 4.79 Å². The van der Waals surface area contributed by atoms with Crippen molar-refractivity contribution in [1.29, 1.82) is 0 Å². The van der Waals surface area contributed by atoms with Crippen LogP contribution in [0.1, 0.15) is 12.5 Å². The van der Waals surface area contributed by atoms with Gasteiger partial charge in [-0.25, -0.2) is 5.43 Å². The number of aromatic nitrogens is 1. The van der Waals surface area contributed by atoms with Crippen molar-refractivity contribution in [1.82, 2.24) is 9.99 Å². The van der Waals surface area contributed by atoms with Crippen LogP contribution in [0, 0.1) is 0 Å². The maximum atomic E-state index is 12.0. The summed E-state index contributed by atoms with van der Waals surface area (Å²) in [5.41, 5.74) is 5.74. The van der Waals surface area contributed by atoms with E-state index in [1.54, 1.807) is 24.4 Å². The second-order valence-electron chi connectivity index (χ2n) is 6.69. The molecule has 0 fully saturated rings. The van der Waals surface area contributed by atoms with E-state index in [-0.39, 0.29) is 12.5 Å². The summed E-state index contributed by atoms with van der Waals surface area (Å²) in [6.45, 7) is 2.82. The number of amides is 1. The number of carbonyl (C=O) groups is 1. The number of ether oxygens (including phenoxy) is 1. The van der Waals surface area contributed by atoms with Crippen molar-refractivity contribution < 1.29 is 9.53 Å². The minimum Gasteiger partial charge on any atom is -0.482 e. The van der Waals surface area contributed by atoms with Gasteiger partial charge in [-0.15, -0.1) is 0 Å². The van der Waals surface area contributed by atoms with Crippen LogP contribution in [0.15, 0.2) is 65.8 Å². The van der Waals surface area contributed by atoms with Gasteiger partial charge in [-0.1, -0.05) is 47.5 Å². The van der Waals surface area contributed by atoms with Gasteiger partial charge < -0.3 is 9.30 Å². The van der Waals surface area contributed by atoms with Crippen molar-refractivity contribution in [2.24, 2.45) is 5.10 Å². The summed E-state index contributed by atoms with van der Waals surface area (Å²) in [7, 11) is 0. The van der Waals surface area contributed by atoms with E-state index in [9.17, 15) is 4.79 Å². The molecular weight excluding hydrogens is 421 g/mol. The van der Waals surface area contributed by atoms with Crippen LogP contribution >= 0.6 is 23.2 Å². The molecule has 1 heterocycles. The third kappa shape index (κ3) is 4.13. The van der Waals surface area contributed by atoms with E-state index < -0.39 is 0 Å². The largest absolute Gasteiger partial charge is 0.482 e. The predicted octanol–water partition coefficient (Wildman–Crippen LogP) is 5.65. The summed E-state index contributed by atoms with van der Waals surface area (Å²) in [5.74, 6) is -0.00103. The van der Waals surface area contributed by atoms with Gasteiger partial charge in [-0.05, 0) is 48.9 Å². The first-order valence-corrected chi connectivity index (χ1v) is 10.2. The lowest BCUT2D eigenvalue weighted by Gasteiger charge is -2.07. The number of nitrogens with zero attached hydrogens (tertiary/aromatic N) is 2. The highest BCUT2D eigenvalue weighted by Gasteiger charge is 2.09. The Hall–Kier alpha value is -3.02. The molecule has 0 spiro atoms. The standard InChI is InChI=1S/C23H19Cl2N3O2/c1-2-28-20-6-4-3-5-17(20)18-11-15(7-9-21(18)28)13-26-27-23(29)14-30-22-10-8-16(24)12-19(22)25/h3-13H,2,14H2,1H3,(H,27,29)/b26-13-. The lowest BCUT2D eigenvalue weighted by atomic mass is 10.1. The number of hydrogen-bond donors (Lipinski definition) is 1. The predicted molar refractivity (Wildman–Crippen MR) is 123 cm³/mol. The number of hydrogen-bond acceptors (Lipinski definition) is 3. The van der Waals surface area contributed by atoms with Gasteiger partial charge in [0.1, 0.15) is 5.75 Å². The van der Waals surface area contributed by atoms with Gasteiger partial charge in [0.25, 0.3) is 5.91 Å². The van der Waals surface area contributed by atoms with Gasteiger partial charge in [0, 0.05) is 33.4 Å². The van der Waals surface area contributed by atoms with Gasteiger partial charge in [-0.2, -0.15) is 5.10 Å². The van der Waals surface area contributed by atoms with Gasteiger partial charge in [0.2, 0.25) is 0 Å². The molecule has 0 aliphatic heterocycles. The number of rotatable bonds is 6. The lowest BCUT2D eigenvalue weighted by molar-refractivity contribution is -0.123. The molecular formula is C23H19Cl2N3O2. The molecule has 0 saturated carbocycles. The maximum absolute atomic E-state index is 12.0. The molecule has 0 saturated heterocycles. The fourth-order valence-corrected chi connectivity index (χ4v) is 3.90. The quantitative estimate of drug-likeness (QED) is 0.311. The molecule has 30 heavy (non-hydrogen) atoms. The second kappa shape index (κ2) is 8.78. The Morgan fingerprint density at radius 1 is 1.07 bits per heavy atom. The average molecular weight is 440 g/mol. The number of hydrazone groups is 1. The molecule has 0 unspecified atom stereocenters. The van der Waals surface area contributed by atoms with Crippen molar-refractivity contribution in [3.63, 3.8) is 0 Å². The van der Waals surface area contributed by atoms with Crippen LogP contribution in [0.4, 0.5) is 0 Å². The number of halogens is 2. The third-order valence-electron chi connectivity index (χ3n) is 4.77. The van der Waals surface area contributed by atoms with Crippen LogP contribution < -0.4 is 10.2 Å². The minimum atomic E-state index is -0.388. The molecule has 4 rings (SSSR count). The van der Waals surface area contributed by atoms with Crippen molar-refractivity contribution in [3.05, 3.63) is 76.3 Å². The van der Waals surface area contributed by atoms with E-state index >= 15 is 0 Å². The Morgan fingerprint density at radius 3 is 2.67 bits per heavy atom. The van der Waals surface area contributed by atoms with Gasteiger partial charge >= 0.3 is 0 Å². The van der Waals surface area contributed by atoms with Crippen LogP contribution in [0.3, 0.4) is 0 Å². The molecule has 3 aromatic carbocycles. The fraction of sp³-hybridized carbons (Fsp3) is 0.130. The van der Waals surface area contributed by atoms with Crippen molar-refractivity contribution in [2.45, 2.75) is 13.5 Å². The Morgan fingerprint density at radius 2 is 1.87 bits per heavy atom. The van der Waals surface area contributed by atoms with Gasteiger partial charge in [0.15, 0.2) is 6.61 Å². The first-order chi connectivity index (χ1) is 14.6. The molecule has 5 nitrogen and oxygen atoms in total. The van der Waals surface area contributed by atoms with E-state index in [2.05, 4.69) is 46.3 Å².